The number of hydrogen-bond acceptors (Lipinski definition) is 0. The molecule has 0 heterocycles. The van der Waals surface area contributed by atoms with Gasteiger partial charge in [0, 0.05) is 0 Å². The molecule has 0 spiro atoms. The first-order valence-corrected chi connectivity index (χ1v) is 9.17. The molecule has 0 bridgehead atoms. The van der Waals surface area contributed by atoms with Crippen molar-refractivity contribution in [2.24, 2.45) is 0 Å². The second-order valence-corrected chi connectivity index (χ2v) is 7.86. The molecule has 102 valence electrons. The SMILES string of the molecule is CCCCCC1=C(C)C(C)=CC1[SiH2]c1ccccc1. The average Bonchev–Trinajstić information content (AvgIpc) is 2.68. The lowest BCUT2D eigenvalue weighted by molar-refractivity contribution is 0.706. The highest BCUT2D eigenvalue weighted by atomic mass is 28.2. The predicted molar refractivity (Wildman–Crippen MR) is 89.0 cm³/mol. The molecule has 1 aromatic carbocycles. The van der Waals surface area contributed by atoms with Gasteiger partial charge >= 0.3 is 0 Å². The van der Waals surface area contributed by atoms with Crippen LogP contribution >= 0.6 is 0 Å². The third kappa shape index (κ3) is 3.70. The van der Waals surface area contributed by atoms with Crippen LogP contribution in [0.4, 0.5) is 0 Å². The monoisotopic (exact) mass is 270 g/mol. The quantitative estimate of drug-likeness (QED) is 0.539. The molecular formula is C18H26Si. The van der Waals surface area contributed by atoms with Crippen LogP contribution in [-0.2, 0) is 0 Å². The molecular weight excluding hydrogens is 244 g/mol. The van der Waals surface area contributed by atoms with Gasteiger partial charge in [-0.05, 0) is 37.8 Å². The Morgan fingerprint density at radius 2 is 1.79 bits per heavy atom. The molecule has 0 nitrogen and oxygen atoms in total. The zero-order valence-corrected chi connectivity index (χ0v) is 14.0. The molecule has 1 heteroatoms. The molecule has 0 fully saturated rings. The fraction of sp³-hybridized carbons (Fsp3) is 0.444. The van der Waals surface area contributed by atoms with Crippen LogP contribution in [0, 0.1) is 0 Å². The van der Waals surface area contributed by atoms with Gasteiger partial charge in [0.25, 0.3) is 0 Å². The van der Waals surface area contributed by atoms with Crippen molar-refractivity contribution in [1.29, 1.82) is 0 Å². The average molecular weight is 270 g/mol. The van der Waals surface area contributed by atoms with E-state index in [2.05, 4.69) is 57.2 Å². The first kappa shape index (κ1) is 14.3. The molecule has 0 radical (unpaired) electrons. The third-order valence-electron chi connectivity index (χ3n) is 4.32. The summed E-state index contributed by atoms with van der Waals surface area (Å²) in [5, 5.41) is 1.60. The Labute approximate surface area is 120 Å². The fourth-order valence-corrected chi connectivity index (χ4v) is 5.33. The Morgan fingerprint density at radius 1 is 1.05 bits per heavy atom. The van der Waals surface area contributed by atoms with E-state index in [0.717, 1.165) is 5.54 Å². The molecule has 0 saturated heterocycles. The highest BCUT2D eigenvalue weighted by molar-refractivity contribution is 6.56. The van der Waals surface area contributed by atoms with Crippen molar-refractivity contribution in [3.05, 3.63) is 53.1 Å². The van der Waals surface area contributed by atoms with Crippen molar-refractivity contribution >= 4 is 14.7 Å². The largest absolute Gasteiger partial charge is 0.0771 e. The second kappa shape index (κ2) is 6.90. The van der Waals surface area contributed by atoms with E-state index in [0.29, 0.717) is 0 Å². The Hall–Kier alpha value is -1.08. The van der Waals surface area contributed by atoms with Gasteiger partial charge in [-0.15, -0.1) is 0 Å². The smallest absolute Gasteiger partial charge is 0.0667 e. The Bertz CT molecular complexity index is 468. The molecule has 0 saturated carbocycles. The van der Waals surface area contributed by atoms with E-state index >= 15 is 0 Å². The first-order chi connectivity index (χ1) is 9.22. The number of unbranched alkanes of at least 4 members (excludes halogenated alkanes) is 2. The summed E-state index contributed by atoms with van der Waals surface area (Å²) in [7, 11) is -0.215. The highest BCUT2D eigenvalue weighted by Gasteiger charge is 2.21. The molecule has 2 rings (SSSR count). The van der Waals surface area contributed by atoms with Gasteiger partial charge in [0.2, 0.25) is 0 Å². The van der Waals surface area contributed by atoms with Crippen molar-refractivity contribution in [1.82, 2.24) is 0 Å². The van der Waals surface area contributed by atoms with Gasteiger partial charge in [-0.1, -0.05) is 72.5 Å². The van der Waals surface area contributed by atoms with Crippen LogP contribution in [0.1, 0.15) is 46.5 Å². The molecule has 19 heavy (non-hydrogen) atoms. The summed E-state index contributed by atoms with van der Waals surface area (Å²) in [6, 6.07) is 11.1. The number of allylic oxidation sites excluding steroid dienone is 4. The molecule has 0 aromatic heterocycles. The van der Waals surface area contributed by atoms with Crippen molar-refractivity contribution in [2.45, 2.75) is 52.0 Å². The summed E-state index contributed by atoms with van der Waals surface area (Å²) in [5.74, 6) is 0. The zero-order chi connectivity index (χ0) is 13.7. The Balaban J connectivity index is 2.06. The minimum atomic E-state index is -0.215. The summed E-state index contributed by atoms with van der Waals surface area (Å²) in [4.78, 5) is 0. The van der Waals surface area contributed by atoms with Gasteiger partial charge < -0.3 is 0 Å². The van der Waals surface area contributed by atoms with Crippen molar-refractivity contribution in [3.8, 4) is 0 Å². The fourth-order valence-electron chi connectivity index (χ4n) is 3.05. The second-order valence-electron chi connectivity index (χ2n) is 5.75. The summed E-state index contributed by atoms with van der Waals surface area (Å²) in [6.07, 6.45) is 7.91. The van der Waals surface area contributed by atoms with Crippen LogP contribution in [-0.4, -0.2) is 9.52 Å². The van der Waals surface area contributed by atoms with Crippen LogP contribution < -0.4 is 5.19 Å². The maximum atomic E-state index is 2.54. The minimum Gasteiger partial charge on any atom is -0.0771 e. The molecule has 1 aliphatic carbocycles. The molecule has 1 atom stereocenters. The van der Waals surface area contributed by atoms with E-state index in [9.17, 15) is 0 Å². The van der Waals surface area contributed by atoms with Crippen LogP contribution in [0.5, 0.6) is 0 Å². The van der Waals surface area contributed by atoms with Crippen molar-refractivity contribution in [3.63, 3.8) is 0 Å². The predicted octanol–water partition coefficient (Wildman–Crippen LogP) is 4.13. The summed E-state index contributed by atoms with van der Waals surface area (Å²) >= 11 is 0. The van der Waals surface area contributed by atoms with Crippen LogP contribution in [0.3, 0.4) is 0 Å². The van der Waals surface area contributed by atoms with Crippen LogP contribution in [0.2, 0.25) is 5.54 Å². The first-order valence-electron chi connectivity index (χ1n) is 7.64. The summed E-state index contributed by atoms with van der Waals surface area (Å²) in [5.41, 5.74) is 5.64. The number of rotatable bonds is 6. The lowest BCUT2D eigenvalue weighted by Crippen LogP contribution is -2.18. The molecule has 0 aliphatic heterocycles. The van der Waals surface area contributed by atoms with E-state index in [1.165, 1.54) is 31.3 Å². The van der Waals surface area contributed by atoms with Crippen LogP contribution in [0.25, 0.3) is 0 Å². The standard InChI is InChI=1S/C18H26Si/c1-4-5-7-12-17-15(3)14(2)13-18(17)19-16-10-8-6-9-11-16/h6,8-11,13,18H,4-5,7,12,19H2,1-3H3. The summed E-state index contributed by atoms with van der Waals surface area (Å²) < 4.78 is 0. The maximum absolute atomic E-state index is 2.54. The molecule has 0 N–H and O–H groups in total. The zero-order valence-electron chi connectivity index (χ0n) is 12.6. The van der Waals surface area contributed by atoms with Gasteiger partial charge in [-0.2, -0.15) is 0 Å². The molecule has 1 aromatic rings. The molecule has 1 unspecified atom stereocenters. The van der Waals surface area contributed by atoms with E-state index in [4.69, 9.17) is 0 Å². The van der Waals surface area contributed by atoms with E-state index in [1.807, 2.05) is 0 Å². The number of hydrogen-bond donors (Lipinski definition) is 0. The normalized spacial score (nSPS) is 19.5. The molecule has 0 amide bonds. The van der Waals surface area contributed by atoms with Gasteiger partial charge in [-0.25, -0.2) is 0 Å². The van der Waals surface area contributed by atoms with Gasteiger partial charge in [0.1, 0.15) is 0 Å². The Kier molecular flexibility index (Phi) is 5.21. The van der Waals surface area contributed by atoms with Gasteiger partial charge in [-0.3, -0.25) is 0 Å². The van der Waals surface area contributed by atoms with Gasteiger partial charge in [0.15, 0.2) is 0 Å². The molecule has 1 aliphatic rings. The van der Waals surface area contributed by atoms with E-state index in [1.54, 1.807) is 16.3 Å². The minimum absolute atomic E-state index is 0.215. The van der Waals surface area contributed by atoms with E-state index < -0.39 is 0 Å². The topological polar surface area (TPSA) is 0 Å². The Morgan fingerprint density at radius 3 is 2.47 bits per heavy atom. The van der Waals surface area contributed by atoms with Crippen LogP contribution in [0.15, 0.2) is 53.1 Å². The van der Waals surface area contributed by atoms with E-state index in [-0.39, 0.29) is 9.52 Å². The lowest BCUT2D eigenvalue weighted by Gasteiger charge is -2.14. The lowest BCUT2D eigenvalue weighted by atomic mass is 10.0. The summed E-state index contributed by atoms with van der Waals surface area (Å²) in [6.45, 7) is 6.90. The number of benzene rings is 1. The van der Waals surface area contributed by atoms with Crippen molar-refractivity contribution in [2.75, 3.05) is 0 Å². The highest BCUT2D eigenvalue weighted by Crippen LogP contribution is 2.37. The van der Waals surface area contributed by atoms with Gasteiger partial charge in [0.05, 0.1) is 9.52 Å². The third-order valence-corrected chi connectivity index (χ3v) is 6.43. The maximum Gasteiger partial charge on any atom is 0.0667 e. The van der Waals surface area contributed by atoms with Crippen molar-refractivity contribution < 1.29 is 0 Å².